The molecule has 1 aliphatic rings. The molecule has 1 fully saturated rings. The van der Waals surface area contributed by atoms with E-state index in [0.29, 0.717) is 0 Å². The number of rotatable bonds is 5. The van der Waals surface area contributed by atoms with Gasteiger partial charge in [-0.25, -0.2) is 4.79 Å². The van der Waals surface area contributed by atoms with E-state index in [1.165, 1.54) is 0 Å². The molecule has 0 bridgehead atoms. The number of hydrogen-bond donors (Lipinski definition) is 0. The van der Waals surface area contributed by atoms with Crippen LogP contribution in [0.25, 0.3) is 0 Å². The van der Waals surface area contributed by atoms with Crippen LogP contribution in [0.1, 0.15) is 27.7 Å². The molecule has 0 saturated carbocycles. The van der Waals surface area contributed by atoms with E-state index < -0.39 is 60.6 Å². The Hall–Kier alpha value is -2.69. The maximum atomic E-state index is 12.0. The van der Waals surface area contributed by atoms with Crippen LogP contribution in [0.4, 0.5) is 0 Å². The minimum absolute atomic E-state index is 0.814. The Morgan fingerprint density at radius 3 is 1.50 bits per heavy atom. The van der Waals surface area contributed by atoms with Crippen LogP contribution in [0.5, 0.6) is 0 Å². The van der Waals surface area contributed by atoms with Crippen LogP contribution < -0.4 is 0 Å². The zero-order valence-corrected chi connectivity index (χ0v) is 14.9. The lowest BCUT2D eigenvalue weighted by molar-refractivity contribution is -0.294. The van der Waals surface area contributed by atoms with Gasteiger partial charge in [0.25, 0.3) is 0 Å². The van der Waals surface area contributed by atoms with Gasteiger partial charge in [0.15, 0.2) is 18.3 Å². The maximum absolute atomic E-state index is 12.0. The molecule has 5 atom stereocenters. The van der Waals surface area contributed by atoms with E-state index >= 15 is 0 Å². The van der Waals surface area contributed by atoms with Gasteiger partial charge in [-0.15, -0.1) is 0 Å². The normalized spacial score (nSPS) is 27.7. The van der Waals surface area contributed by atoms with Crippen LogP contribution in [0.15, 0.2) is 0 Å². The van der Waals surface area contributed by atoms with Crippen molar-refractivity contribution < 1.29 is 52.4 Å². The Morgan fingerprint density at radius 1 is 0.654 bits per heavy atom. The topological polar surface area (TPSA) is 141 Å². The monoisotopic (exact) mass is 376 g/mol. The minimum Gasteiger partial charge on any atom is -0.467 e. The van der Waals surface area contributed by atoms with Crippen LogP contribution in [0.3, 0.4) is 0 Å². The summed E-state index contributed by atoms with van der Waals surface area (Å²) in [7, 11) is 1.05. The van der Waals surface area contributed by atoms with E-state index in [2.05, 4.69) is 4.74 Å². The van der Waals surface area contributed by atoms with Crippen molar-refractivity contribution in [2.24, 2.45) is 0 Å². The number of methoxy groups -OCH3 is 1. The first kappa shape index (κ1) is 21.4. The molecule has 0 spiro atoms. The molecule has 1 heterocycles. The van der Waals surface area contributed by atoms with Crippen molar-refractivity contribution in [2.45, 2.75) is 58.4 Å². The Kier molecular flexibility index (Phi) is 7.50. The van der Waals surface area contributed by atoms with Gasteiger partial charge in [0.05, 0.1) is 7.11 Å². The van der Waals surface area contributed by atoms with Crippen molar-refractivity contribution in [3.05, 3.63) is 0 Å². The quantitative estimate of drug-likeness (QED) is 0.441. The van der Waals surface area contributed by atoms with E-state index in [-0.39, 0.29) is 0 Å². The summed E-state index contributed by atoms with van der Waals surface area (Å²) >= 11 is 0. The lowest BCUT2D eigenvalue weighted by Crippen LogP contribution is -2.64. The molecule has 1 saturated heterocycles. The van der Waals surface area contributed by atoms with Crippen LogP contribution in [-0.2, 0) is 52.4 Å². The minimum atomic E-state index is -1.60. The highest BCUT2D eigenvalue weighted by Gasteiger charge is 2.56. The van der Waals surface area contributed by atoms with E-state index in [4.69, 9.17) is 23.7 Å². The number of carbonyl (C=O) groups excluding carboxylic acids is 5. The second-order valence-electron chi connectivity index (χ2n) is 5.28. The number of carbonyl (C=O) groups is 5. The first-order valence-electron chi connectivity index (χ1n) is 7.49. The average Bonchev–Trinajstić information content (AvgIpc) is 2.50. The summed E-state index contributed by atoms with van der Waals surface area (Å²) in [6.07, 6.45) is -7.66. The van der Waals surface area contributed by atoms with Gasteiger partial charge in [0.2, 0.25) is 12.4 Å². The number of hydrogen-bond acceptors (Lipinski definition) is 11. The van der Waals surface area contributed by atoms with Gasteiger partial charge in [0, 0.05) is 27.7 Å². The molecular formula is C15H20O11. The Labute approximate surface area is 148 Å². The van der Waals surface area contributed by atoms with Crippen LogP contribution in [-0.4, -0.2) is 67.7 Å². The summed E-state index contributed by atoms with van der Waals surface area (Å²) in [6, 6.07) is 0. The van der Waals surface area contributed by atoms with Crippen molar-refractivity contribution in [2.75, 3.05) is 7.11 Å². The van der Waals surface area contributed by atoms with Gasteiger partial charge in [-0.05, 0) is 0 Å². The van der Waals surface area contributed by atoms with Gasteiger partial charge in [-0.1, -0.05) is 0 Å². The van der Waals surface area contributed by atoms with E-state index in [9.17, 15) is 24.0 Å². The zero-order valence-electron chi connectivity index (χ0n) is 14.9. The fourth-order valence-electron chi connectivity index (χ4n) is 2.34. The molecule has 1 aliphatic heterocycles. The Bertz CT molecular complexity index is 584. The largest absolute Gasteiger partial charge is 0.467 e. The Morgan fingerprint density at radius 2 is 1.08 bits per heavy atom. The fourth-order valence-corrected chi connectivity index (χ4v) is 2.34. The summed E-state index contributed by atoms with van der Waals surface area (Å²) < 4.78 is 30.0. The van der Waals surface area contributed by atoms with Crippen LogP contribution in [0, 0.1) is 0 Å². The molecule has 0 aromatic rings. The molecule has 0 aromatic carbocycles. The standard InChI is InChI=1S/C15H20O11/c1-6(16)22-10-11(23-7(2)17)13(24-8(3)18)15(25-9(4)19)26-12(10)14(20)21-5/h10-13,15H,1-5H3/t10-,11-,12+,13+,15+/m0/s1. The summed E-state index contributed by atoms with van der Waals surface area (Å²) in [6.45, 7) is 4.22. The SMILES string of the molecule is COC(=O)[C@@H]1O[C@@H](OC(C)=O)[C@H](OC(C)=O)[C@@H](OC(C)=O)[C@@H]1OC(C)=O. The lowest BCUT2D eigenvalue weighted by atomic mass is 9.97. The third kappa shape index (κ3) is 5.69. The highest BCUT2D eigenvalue weighted by atomic mass is 16.7. The predicted molar refractivity (Wildman–Crippen MR) is 79.1 cm³/mol. The fraction of sp³-hybridized carbons (Fsp3) is 0.667. The highest BCUT2D eigenvalue weighted by molar-refractivity contribution is 5.77. The van der Waals surface area contributed by atoms with Crippen molar-refractivity contribution in [1.29, 1.82) is 0 Å². The smallest absolute Gasteiger partial charge is 0.339 e. The zero-order chi connectivity index (χ0) is 20.0. The van der Waals surface area contributed by atoms with Gasteiger partial charge < -0.3 is 28.4 Å². The van der Waals surface area contributed by atoms with Gasteiger partial charge in [-0.3, -0.25) is 19.2 Å². The molecule has 11 heteroatoms. The molecule has 0 amide bonds. The Balaban J connectivity index is 3.37. The molecule has 0 aromatic heterocycles. The van der Waals surface area contributed by atoms with Crippen molar-refractivity contribution in [1.82, 2.24) is 0 Å². The van der Waals surface area contributed by atoms with Gasteiger partial charge in [-0.2, -0.15) is 0 Å². The summed E-state index contributed by atoms with van der Waals surface area (Å²) in [5.74, 6) is -4.25. The van der Waals surface area contributed by atoms with Crippen molar-refractivity contribution >= 4 is 29.8 Å². The highest BCUT2D eigenvalue weighted by Crippen LogP contribution is 2.30. The average molecular weight is 376 g/mol. The number of ether oxygens (including phenoxy) is 6. The van der Waals surface area contributed by atoms with Crippen LogP contribution in [0.2, 0.25) is 0 Å². The third-order valence-corrected chi connectivity index (χ3v) is 3.12. The lowest BCUT2D eigenvalue weighted by Gasteiger charge is -2.42. The van der Waals surface area contributed by atoms with Crippen molar-refractivity contribution in [3.8, 4) is 0 Å². The van der Waals surface area contributed by atoms with E-state index in [1.54, 1.807) is 0 Å². The molecule has 0 aliphatic carbocycles. The second-order valence-corrected chi connectivity index (χ2v) is 5.28. The molecule has 146 valence electrons. The van der Waals surface area contributed by atoms with Gasteiger partial charge >= 0.3 is 29.8 Å². The predicted octanol–water partition coefficient (Wildman–Crippen LogP) is -0.757. The van der Waals surface area contributed by atoms with Gasteiger partial charge in [0.1, 0.15) is 0 Å². The molecule has 11 nitrogen and oxygen atoms in total. The third-order valence-electron chi connectivity index (χ3n) is 3.12. The number of esters is 5. The molecule has 0 unspecified atom stereocenters. The second kappa shape index (κ2) is 9.13. The molecule has 1 rings (SSSR count). The summed E-state index contributed by atoms with van der Waals surface area (Å²) in [5.41, 5.74) is 0. The van der Waals surface area contributed by atoms with Crippen molar-refractivity contribution in [3.63, 3.8) is 0 Å². The first-order chi connectivity index (χ1) is 12.1. The molecular weight excluding hydrogens is 356 g/mol. The molecule has 0 N–H and O–H groups in total. The van der Waals surface area contributed by atoms with Crippen LogP contribution >= 0.6 is 0 Å². The molecule has 0 radical (unpaired) electrons. The van der Waals surface area contributed by atoms with E-state index in [0.717, 1.165) is 34.8 Å². The van der Waals surface area contributed by atoms with E-state index in [1.807, 2.05) is 0 Å². The first-order valence-corrected chi connectivity index (χ1v) is 7.49. The summed E-state index contributed by atoms with van der Waals surface area (Å²) in [5, 5.41) is 0. The molecule has 26 heavy (non-hydrogen) atoms. The summed E-state index contributed by atoms with van der Waals surface area (Å²) in [4.78, 5) is 57.7. The maximum Gasteiger partial charge on any atom is 0.339 e.